The van der Waals surface area contributed by atoms with Crippen LogP contribution in [0.4, 0.5) is 0 Å². The fourth-order valence-corrected chi connectivity index (χ4v) is 4.60. The Morgan fingerprint density at radius 1 is 0.842 bits per heavy atom. The number of piperidine rings is 1. The van der Waals surface area contributed by atoms with E-state index in [1.165, 1.54) is 77.7 Å². The smallest absolute Gasteiger partial charge is 0.0249 e. The first kappa shape index (κ1) is 12.6. The van der Waals surface area contributed by atoms with Crippen molar-refractivity contribution in [2.45, 2.75) is 63.1 Å². The summed E-state index contributed by atoms with van der Waals surface area (Å²) in [6, 6.07) is 2.65. The summed E-state index contributed by atoms with van der Waals surface area (Å²) in [6.07, 6.45) is 10.1. The predicted octanol–water partition coefficient (Wildman–Crippen LogP) is 1.69. The molecular formula is C16H29N3. The second-order valence-corrected chi connectivity index (χ2v) is 7.28. The van der Waals surface area contributed by atoms with Crippen LogP contribution >= 0.6 is 0 Å². The molecule has 1 aliphatic carbocycles. The van der Waals surface area contributed by atoms with Gasteiger partial charge in [-0.2, -0.15) is 0 Å². The van der Waals surface area contributed by atoms with Crippen LogP contribution in [-0.4, -0.2) is 60.6 Å². The van der Waals surface area contributed by atoms with Gasteiger partial charge in [-0.1, -0.05) is 6.42 Å². The number of rotatable bonds is 4. The van der Waals surface area contributed by atoms with E-state index < -0.39 is 0 Å². The summed E-state index contributed by atoms with van der Waals surface area (Å²) >= 11 is 0. The fourth-order valence-electron chi connectivity index (χ4n) is 4.60. The van der Waals surface area contributed by atoms with Crippen molar-refractivity contribution in [3.63, 3.8) is 0 Å². The Kier molecular flexibility index (Phi) is 3.55. The molecule has 1 saturated carbocycles. The molecule has 0 amide bonds. The van der Waals surface area contributed by atoms with E-state index in [4.69, 9.17) is 0 Å². The number of hydrogen-bond acceptors (Lipinski definition) is 3. The van der Waals surface area contributed by atoms with Gasteiger partial charge in [0.1, 0.15) is 0 Å². The molecule has 3 heterocycles. The zero-order valence-electron chi connectivity index (χ0n) is 12.2. The Balaban J connectivity index is 1.24. The Labute approximate surface area is 117 Å². The lowest BCUT2D eigenvalue weighted by molar-refractivity contribution is 0.178. The van der Waals surface area contributed by atoms with Crippen molar-refractivity contribution in [2.75, 3.05) is 32.7 Å². The van der Waals surface area contributed by atoms with Crippen LogP contribution in [0.25, 0.3) is 0 Å². The van der Waals surface area contributed by atoms with Gasteiger partial charge in [0.25, 0.3) is 0 Å². The minimum absolute atomic E-state index is 0.801. The van der Waals surface area contributed by atoms with E-state index in [0.717, 1.165) is 24.0 Å². The number of nitrogens with one attached hydrogen (secondary N) is 1. The van der Waals surface area contributed by atoms with Crippen molar-refractivity contribution in [3.05, 3.63) is 0 Å². The standard InChI is InChI=1S/C16H29N3/c1-2-8-18-10-7-15(16(18)3-1)17-11-13-6-9-19(12-13)14-4-5-14/h13-17H,1-12H2. The summed E-state index contributed by atoms with van der Waals surface area (Å²) in [6.45, 7) is 6.73. The van der Waals surface area contributed by atoms with Crippen molar-refractivity contribution < 1.29 is 0 Å². The van der Waals surface area contributed by atoms with E-state index in [2.05, 4.69) is 15.1 Å². The molecular weight excluding hydrogens is 234 g/mol. The average Bonchev–Trinajstić information content (AvgIpc) is 3.05. The van der Waals surface area contributed by atoms with E-state index in [1.54, 1.807) is 0 Å². The molecule has 3 nitrogen and oxygen atoms in total. The number of nitrogens with zero attached hydrogens (tertiary/aromatic N) is 2. The van der Waals surface area contributed by atoms with Gasteiger partial charge in [0.15, 0.2) is 0 Å². The van der Waals surface area contributed by atoms with Gasteiger partial charge in [-0.3, -0.25) is 4.90 Å². The second-order valence-electron chi connectivity index (χ2n) is 7.28. The summed E-state index contributed by atoms with van der Waals surface area (Å²) in [5.41, 5.74) is 0. The molecule has 3 heteroatoms. The maximum absolute atomic E-state index is 3.93. The molecule has 108 valence electrons. The first-order valence-corrected chi connectivity index (χ1v) is 8.61. The Morgan fingerprint density at radius 2 is 1.74 bits per heavy atom. The average molecular weight is 263 g/mol. The molecule has 0 bridgehead atoms. The SMILES string of the molecule is C1CCN2CCC(NCC3CCN(C4CC4)C3)C2C1. The molecule has 3 saturated heterocycles. The van der Waals surface area contributed by atoms with Gasteiger partial charge in [0, 0.05) is 31.2 Å². The lowest BCUT2D eigenvalue weighted by Gasteiger charge is -2.33. The normalized spacial score (nSPS) is 40.7. The molecule has 0 aromatic heterocycles. The largest absolute Gasteiger partial charge is 0.312 e. The van der Waals surface area contributed by atoms with E-state index in [0.29, 0.717) is 0 Å². The molecule has 19 heavy (non-hydrogen) atoms. The third-order valence-corrected chi connectivity index (χ3v) is 5.91. The van der Waals surface area contributed by atoms with Crippen LogP contribution in [0.1, 0.15) is 44.9 Å². The number of fused-ring (bicyclic) bond motifs is 1. The van der Waals surface area contributed by atoms with E-state index >= 15 is 0 Å². The monoisotopic (exact) mass is 263 g/mol. The molecule has 0 radical (unpaired) electrons. The fraction of sp³-hybridized carbons (Fsp3) is 1.00. The van der Waals surface area contributed by atoms with Crippen molar-refractivity contribution in [1.29, 1.82) is 0 Å². The van der Waals surface area contributed by atoms with Crippen LogP contribution in [0.5, 0.6) is 0 Å². The Morgan fingerprint density at radius 3 is 2.63 bits per heavy atom. The van der Waals surface area contributed by atoms with Crippen LogP contribution in [0.15, 0.2) is 0 Å². The number of hydrogen-bond donors (Lipinski definition) is 1. The third-order valence-electron chi connectivity index (χ3n) is 5.91. The first-order chi connectivity index (χ1) is 9.40. The molecule has 4 fully saturated rings. The van der Waals surface area contributed by atoms with Gasteiger partial charge in [0.05, 0.1) is 0 Å². The van der Waals surface area contributed by atoms with Crippen LogP contribution in [0.2, 0.25) is 0 Å². The lowest BCUT2D eigenvalue weighted by atomic mass is 9.98. The summed E-state index contributed by atoms with van der Waals surface area (Å²) in [5.74, 6) is 0.929. The summed E-state index contributed by atoms with van der Waals surface area (Å²) in [4.78, 5) is 5.49. The highest BCUT2D eigenvalue weighted by atomic mass is 15.2. The molecule has 0 spiro atoms. The summed E-state index contributed by atoms with van der Waals surface area (Å²) < 4.78 is 0. The molecule has 3 aliphatic heterocycles. The van der Waals surface area contributed by atoms with Gasteiger partial charge < -0.3 is 10.2 Å². The minimum Gasteiger partial charge on any atom is -0.312 e. The van der Waals surface area contributed by atoms with Crippen LogP contribution in [0, 0.1) is 5.92 Å². The first-order valence-electron chi connectivity index (χ1n) is 8.61. The Bertz CT molecular complexity index is 315. The van der Waals surface area contributed by atoms with Crippen molar-refractivity contribution in [3.8, 4) is 0 Å². The molecule has 1 N–H and O–H groups in total. The zero-order chi connectivity index (χ0) is 12.7. The zero-order valence-corrected chi connectivity index (χ0v) is 12.2. The van der Waals surface area contributed by atoms with Crippen LogP contribution in [0.3, 0.4) is 0 Å². The number of likely N-dealkylation sites (tertiary alicyclic amines) is 1. The third kappa shape index (κ3) is 2.70. The van der Waals surface area contributed by atoms with Gasteiger partial charge in [-0.25, -0.2) is 0 Å². The highest BCUT2D eigenvalue weighted by Gasteiger charge is 2.37. The maximum Gasteiger partial charge on any atom is 0.0249 e. The van der Waals surface area contributed by atoms with Gasteiger partial charge in [0.2, 0.25) is 0 Å². The molecule has 0 aromatic carbocycles. The van der Waals surface area contributed by atoms with Gasteiger partial charge in [-0.15, -0.1) is 0 Å². The van der Waals surface area contributed by atoms with Gasteiger partial charge >= 0.3 is 0 Å². The summed E-state index contributed by atoms with van der Waals surface area (Å²) in [5, 5.41) is 3.93. The maximum atomic E-state index is 3.93. The lowest BCUT2D eigenvalue weighted by Crippen LogP contribution is -2.46. The van der Waals surface area contributed by atoms with Crippen LogP contribution < -0.4 is 5.32 Å². The molecule has 4 rings (SSSR count). The van der Waals surface area contributed by atoms with Crippen LogP contribution in [-0.2, 0) is 0 Å². The van der Waals surface area contributed by atoms with Crippen molar-refractivity contribution in [2.24, 2.45) is 5.92 Å². The van der Waals surface area contributed by atoms with E-state index in [9.17, 15) is 0 Å². The van der Waals surface area contributed by atoms with Crippen molar-refractivity contribution in [1.82, 2.24) is 15.1 Å². The quantitative estimate of drug-likeness (QED) is 0.833. The van der Waals surface area contributed by atoms with E-state index in [1.807, 2.05) is 0 Å². The minimum atomic E-state index is 0.801. The Hall–Kier alpha value is -0.120. The molecule has 4 aliphatic rings. The van der Waals surface area contributed by atoms with Crippen molar-refractivity contribution >= 4 is 0 Å². The predicted molar refractivity (Wildman–Crippen MR) is 78.3 cm³/mol. The highest BCUT2D eigenvalue weighted by molar-refractivity contribution is 4.95. The topological polar surface area (TPSA) is 18.5 Å². The second kappa shape index (κ2) is 5.34. The highest BCUT2D eigenvalue weighted by Crippen LogP contribution is 2.32. The summed E-state index contributed by atoms with van der Waals surface area (Å²) in [7, 11) is 0. The molecule has 0 aromatic rings. The molecule has 3 unspecified atom stereocenters. The van der Waals surface area contributed by atoms with Gasteiger partial charge in [-0.05, 0) is 64.1 Å². The molecule has 3 atom stereocenters. The van der Waals surface area contributed by atoms with E-state index in [-0.39, 0.29) is 0 Å².